The van der Waals surface area contributed by atoms with Gasteiger partial charge in [0.25, 0.3) is 5.91 Å². The third-order valence-corrected chi connectivity index (χ3v) is 3.46. The van der Waals surface area contributed by atoms with E-state index in [9.17, 15) is 22.8 Å². The molecule has 0 saturated carbocycles. The summed E-state index contributed by atoms with van der Waals surface area (Å²) in [6, 6.07) is 5.74. The summed E-state index contributed by atoms with van der Waals surface area (Å²) in [7, 11) is 0. The van der Waals surface area contributed by atoms with Crippen LogP contribution in [0, 0.1) is 0 Å². The molecule has 1 heterocycles. The first-order chi connectivity index (χ1) is 11.3. The molecule has 0 aromatic heterocycles. The van der Waals surface area contributed by atoms with E-state index in [0.717, 1.165) is 0 Å². The lowest BCUT2D eigenvalue weighted by Crippen LogP contribution is -2.34. The number of amides is 1. The summed E-state index contributed by atoms with van der Waals surface area (Å²) in [5.41, 5.74) is 0.281. The maximum Gasteiger partial charge on any atom is 0.414 e. The molecule has 1 saturated heterocycles. The fraction of sp³-hybridized carbons (Fsp3) is 0.467. The van der Waals surface area contributed by atoms with Gasteiger partial charge in [0.1, 0.15) is 5.75 Å². The molecule has 0 spiro atoms. The number of carbonyl (C=O) groups is 2. The molecule has 1 unspecified atom stereocenters. The summed E-state index contributed by atoms with van der Waals surface area (Å²) in [6.45, 7) is -0.672. The van der Waals surface area contributed by atoms with E-state index in [2.05, 4.69) is 0 Å². The standard InChI is InChI=1S/C15H16F3NO5/c16-15(17,18)12-5-6-19(7-8-23-12)14(22)10-1-3-11(4-2-10)24-9-13(20)21/h1-4,12H,5-9H2,(H,20,21). The van der Waals surface area contributed by atoms with E-state index < -0.39 is 30.8 Å². The number of alkyl halides is 3. The largest absolute Gasteiger partial charge is 0.482 e. The first kappa shape index (κ1) is 18.1. The number of hydrogen-bond donors (Lipinski definition) is 1. The van der Waals surface area contributed by atoms with Gasteiger partial charge in [-0.1, -0.05) is 0 Å². The summed E-state index contributed by atoms with van der Waals surface area (Å²) >= 11 is 0. The molecule has 0 aliphatic carbocycles. The Morgan fingerprint density at radius 1 is 1.25 bits per heavy atom. The summed E-state index contributed by atoms with van der Waals surface area (Å²) in [5, 5.41) is 8.52. The molecule has 1 aromatic carbocycles. The van der Waals surface area contributed by atoms with Gasteiger partial charge in [0.15, 0.2) is 12.7 Å². The predicted molar refractivity (Wildman–Crippen MR) is 75.9 cm³/mol. The van der Waals surface area contributed by atoms with Crippen molar-refractivity contribution in [1.82, 2.24) is 4.90 Å². The Morgan fingerprint density at radius 3 is 2.50 bits per heavy atom. The van der Waals surface area contributed by atoms with Crippen LogP contribution in [0.3, 0.4) is 0 Å². The molecule has 0 radical (unpaired) electrons. The highest BCUT2D eigenvalue weighted by Crippen LogP contribution is 2.27. The summed E-state index contributed by atoms with van der Waals surface area (Å²) in [4.78, 5) is 24.1. The first-order valence-corrected chi connectivity index (χ1v) is 7.19. The van der Waals surface area contributed by atoms with Gasteiger partial charge in [0, 0.05) is 25.1 Å². The minimum atomic E-state index is -4.44. The molecule has 1 aromatic rings. The van der Waals surface area contributed by atoms with Gasteiger partial charge in [0.05, 0.1) is 6.61 Å². The number of carbonyl (C=O) groups excluding carboxylic acids is 1. The zero-order valence-electron chi connectivity index (χ0n) is 12.6. The van der Waals surface area contributed by atoms with Gasteiger partial charge >= 0.3 is 12.1 Å². The van der Waals surface area contributed by atoms with Crippen molar-refractivity contribution in [3.05, 3.63) is 29.8 Å². The van der Waals surface area contributed by atoms with Crippen LogP contribution in [-0.4, -0.2) is 60.5 Å². The van der Waals surface area contributed by atoms with Crippen LogP contribution in [0.2, 0.25) is 0 Å². The molecule has 1 atom stereocenters. The van der Waals surface area contributed by atoms with E-state index >= 15 is 0 Å². The van der Waals surface area contributed by atoms with Crippen LogP contribution in [0.15, 0.2) is 24.3 Å². The Hall–Kier alpha value is -2.29. The van der Waals surface area contributed by atoms with Crippen molar-refractivity contribution in [2.45, 2.75) is 18.7 Å². The second-order valence-corrected chi connectivity index (χ2v) is 5.19. The maximum atomic E-state index is 12.7. The minimum Gasteiger partial charge on any atom is -0.482 e. The quantitative estimate of drug-likeness (QED) is 0.901. The van der Waals surface area contributed by atoms with Gasteiger partial charge in [-0.15, -0.1) is 0 Å². The van der Waals surface area contributed by atoms with E-state index in [1.807, 2.05) is 0 Å². The van der Waals surface area contributed by atoms with Crippen molar-refractivity contribution in [3.8, 4) is 5.75 Å². The molecule has 24 heavy (non-hydrogen) atoms. The van der Waals surface area contributed by atoms with E-state index in [1.54, 1.807) is 0 Å². The van der Waals surface area contributed by atoms with Crippen LogP contribution in [-0.2, 0) is 9.53 Å². The summed E-state index contributed by atoms with van der Waals surface area (Å²) in [5.74, 6) is -1.25. The molecule has 132 valence electrons. The number of benzene rings is 1. The molecular formula is C15H16F3NO5. The Labute approximate surface area is 135 Å². The Morgan fingerprint density at radius 2 is 1.92 bits per heavy atom. The van der Waals surface area contributed by atoms with Gasteiger partial charge in [-0.3, -0.25) is 4.79 Å². The third-order valence-electron chi connectivity index (χ3n) is 3.46. The van der Waals surface area contributed by atoms with Crippen LogP contribution >= 0.6 is 0 Å². The third kappa shape index (κ3) is 4.85. The maximum absolute atomic E-state index is 12.7. The number of halogens is 3. The number of carboxylic acids is 1. The number of ether oxygens (including phenoxy) is 2. The van der Waals surface area contributed by atoms with E-state index in [4.69, 9.17) is 14.6 Å². The fourth-order valence-electron chi connectivity index (χ4n) is 2.26. The van der Waals surface area contributed by atoms with Crippen molar-refractivity contribution < 1.29 is 37.3 Å². The lowest BCUT2D eigenvalue weighted by Gasteiger charge is -2.20. The average molecular weight is 347 g/mol. The van der Waals surface area contributed by atoms with Crippen LogP contribution in [0.1, 0.15) is 16.8 Å². The van der Waals surface area contributed by atoms with Crippen molar-refractivity contribution in [3.63, 3.8) is 0 Å². The molecule has 2 rings (SSSR count). The SMILES string of the molecule is O=C(O)COc1ccc(C(=O)N2CCOC(C(F)(F)F)CC2)cc1. The van der Waals surface area contributed by atoms with E-state index in [0.29, 0.717) is 0 Å². The highest BCUT2D eigenvalue weighted by Gasteiger charge is 2.41. The number of carboxylic acid groups (broad SMARTS) is 1. The Balaban J connectivity index is 1.97. The minimum absolute atomic E-state index is 0.0553. The van der Waals surface area contributed by atoms with E-state index in [-0.39, 0.29) is 37.4 Å². The molecule has 1 amide bonds. The van der Waals surface area contributed by atoms with Crippen LogP contribution in [0.25, 0.3) is 0 Å². The summed E-state index contributed by atoms with van der Waals surface area (Å²) in [6.07, 6.45) is -6.61. The Kier molecular flexibility index (Phi) is 5.66. The van der Waals surface area contributed by atoms with Crippen molar-refractivity contribution in [1.29, 1.82) is 0 Å². The van der Waals surface area contributed by atoms with Gasteiger partial charge in [-0.25, -0.2) is 4.79 Å². The monoisotopic (exact) mass is 347 g/mol. The summed E-state index contributed by atoms with van der Waals surface area (Å²) < 4.78 is 47.7. The van der Waals surface area contributed by atoms with Crippen LogP contribution in [0.5, 0.6) is 5.75 Å². The van der Waals surface area contributed by atoms with Gasteiger partial charge in [-0.2, -0.15) is 13.2 Å². The molecule has 1 fully saturated rings. The Bertz CT molecular complexity index is 588. The van der Waals surface area contributed by atoms with Crippen LogP contribution in [0.4, 0.5) is 13.2 Å². The number of rotatable bonds is 4. The molecule has 1 aliphatic heterocycles. The lowest BCUT2D eigenvalue weighted by atomic mass is 10.1. The smallest absolute Gasteiger partial charge is 0.414 e. The van der Waals surface area contributed by atoms with Crippen molar-refractivity contribution in [2.24, 2.45) is 0 Å². The van der Waals surface area contributed by atoms with Gasteiger partial charge < -0.3 is 19.5 Å². The fourth-order valence-corrected chi connectivity index (χ4v) is 2.26. The zero-order chi connectivity index (χ0) is 17.7. The molecule has 1 aliphatic rings. The topological polar surface area (TPSA) is 76.1 Å². The molecular weight excluding hydrogens is 331 g/mol. The highest BCUT2D eigenvalue weighted by molar-refractivity contribution is 5.94. The predicted octanol–water partition coefficient (Wildman–Crippen LogP) is 1.94. The lowest BCUT2D eigenvalue weighted by molar-refractivity contribution is -0.218. The normalized spacial score (nSPS) is 18.8. The van der Waals surface area contributed by atoms with E-state index in [1.165, 1.54) is 29.2 Å². The first-order valence-electron chi connectivity index (χ1n) is 7.19. The molecule has 1 N–H and O–H groups in total. The average Bonchev–Trinajstić information content (AvgIpc) is 2.78. The van der Waals surface area contributed by atoms with Crippen molar-refractivity contribution >= 4 is 11.9 Å². The molecule has 0 bridgehead atoms. The van der Waals surface area contributed by atoms with Crippen molar-refractivity contribution in [2.75, 3.05) is 26.3 Å². The second-order valence-electron chi connectivity index (χ2n) is 5.19. The zero-order valence-corrected chi connectivity index (χ0v) is 12.6. The van der Waals surface area contributed by atoms with Crippen LogP contribution < -0.4 is 4.74 Å². The molecule has 6 nitrogen and oxygen atoms in total. The second kappa shape index (κ2) is 7.52. The van der Waals surface area contributed by atoms with Gasteiger partial charge in [-0.05, 0) is 24.3 Å². The number of hydrogen-bond acceptors (Lipinski definition) is 4. The highest BCUT2D eigenvalue weighted by atomic mass is 19.4. The molecule has 9 heteroatoms. The number of aliphatic carboxylic acids is 1. The number of nitrogens with zero attached hydrogens (tertiary/aromatic N) is 1. The van der Waals surface area contributed by atoms with Gasteiger partial charge in [0.2, 0.25) is 0 Å².